The van der Waals surface area contributed by atoms with E-state index in [2.05, 4.69) is 79.7 Å². The molecule has 1 saturated heterocycles. The van der Waals surface area contributed by atoms with Crippen LogP contribution in [0.3, 0.4) is 0 Å². The number of piperazine rings is 1. The van der Waals surface area contributed by atoms with E-state index in [1.807, 2.05) is 19.9 Å². The highest BCUT2D eigenvalue weighted by atomic mass is 15.3. The second kappa shape index (κ2) is 9.05. The van der Waals surface area contributed by atoms with Gasteiger partial charge in [-0.1, -0.05) is 42.5 Å². The van der Waals surface area contributed by atoms with E-state index >= 15 is 0 Å². The molecule has 2 aromatic carbocycles. The molecule has 0 unspecified atom stereocenters. The lowest BCUT2D eigenvalue weighted by atomic mass is 10.1. The zero-order chi connectivity index (χ0) is 20.1. The fourth-order valence-electron chi connectivity index (χ4n) is 3.92. The van der Waals surface area contributed by atoms with E-state index in [4.69, 9.17) is 0 Å². The number of aryl methyl sites for hydroxylation is 2. The summed E-state index contributed by atoms with van der Waals surface area (Å²) in [5.41, 5.74) is 5.03. The summed E-state index contributed by atoms with van der Waals surface area (Å²) in [6, 6.07) is 21.4. The molecule has 5 heteroatoms. The van der Waals surface area contributed by atoms with Crippen LogP contribution in [0.4, 0.5) is 11.5 Å². The summed E-state index contributed by atoms with van der Waals surface area (Å²) in [6.45, 7) is 10.0. The topological polar surface area (TPSA) is 44.3 Å². The van der Waals surface area contributed by atoms with Gasteiger partial charge in [0.15, 0.2) is 0 Å². The Bertz CT molecular complexity index is 913. The standard InChI is InChI=1S/C24H29N5/c1-19-16-24(27-20(2)26-19)25-17-21-8-6-7-9-22(21)18-28-12-14-29(15-13-28)23-10-4-3-5-11-23/h3-11,16H,12-15,17-18H2,1-2H3,(H,25,26,27). The van der Waals surface area contributed by atoms with Gasteiger partial charge in [-0.2, -0.15) is 0 Å². The van der Waals surface area contributed by atoms with Crippen molar-refractivity contribution in [3.8, 4) is 0 Å². The average Bonchev–Trinajstić information content (AvgIpc) is 2.74. The van der Waals surface area contributed by atoms with E-state index in [9.17, 15) is 0 Å². The smallest absolute Gasteiger partial charge is 0.130 e. The molecule has 1 aliphatic heterocycles. The van der Waals surface area contributed by atoms with Gasteiger partial charge in [-0.15, -0.1) is 0 Å². The van der Waals surface area contributed by atoms with Crippen LogP contribution in [0.15, 0.2) is 60.7 Å². The SMILES string of the molecule is Cc1cc(NCc2ccccc2CN2CCN(c3ccccc3)CC2)nc(C)n1. The van der Waals surface area contributed by atoms with Crippen LogP contribution in [-0.2, 0) is 13.1 Å². The van der Waals surface area contributed by atoms with Crippen molar-refractivity contribution in [2.45, 2.75) is 26.9 Å². The van der Waals surface area contributed by atoms with Gasteiger partial charge >= 0.3 is 0 Å². The van der Waals surface area contributed by atoms with Gasteiger partial charge in [0, 0.05) is 56.7 Å². The Balaban J connectivity index is 1.36. The largest absolute Gasteiger partial charge is 0.369 e. The lowest BCUT2D eigenvalue weighted by molar-refractivity contribution is 0.249. The third kappa shape index (κ3) is 5.12. The molecule has 2 heterocycles. The molecule has 1 fully saturated rings. The number of anilines is 2. The zero-order valence-electron chi connectivity index (χ0n) is 17.3. The molecule has 1 aromatic heterocycles. The molecule has 0 spiro atoms. The van der Waals surface area contributed by atoms with Crippen LogP contribution >= 0.6 is 0 Å². The van der Waals surface area contributed by atoms with Gasteiger partial charge in [0.1, 0.15) is 11.6 Å². The number of nitrogens with one attached hydrogen (secondary N) is 1. The predicted molar refractivity (Wildman–Crippen MR) is 119 cm³/mol. The number of benzene rings is 2. The number of nitrogens with zero attached hydrogens (tertiary/aromatic N) is 4. The number of para-hydroxylation sites is 1. The minimum absolute atomic E-state index is 0.774. The summed E-state index contributed by atoms with van der Waals surface area (Å²) in [4.78, 5) is 13.9. The van der Waals surface area contributed by atoms with Crippen LogP contribution < -0.4 is 10.2 Å². The molecule has 29 heavy (non-hydrogen) atoms. The van der Waals surface area contributed by atoms with Gasteiger partial charge in [0.2, 0.25) is 0 Å². The van der Waals surface area contributed by atoms with Gasteiger partial charge in [-0.3, -0.25) is 4.90 Å². The summed E-state index contributed by atoms with van der Waals surface area (Å²) in [6.07, 6.45) is 0. The first-order valence-corrected chi connectivity index (χ1v) is 10.3. The van der Waals surface area contributed by atoms with Crippen molar-refractivity contribution in [3.63, 3.8) is 0 Å². The highest BCUT2D eigenvalue weighted by Gasteiger charge is 2.18. The van der Waals surface area contributed by atoms with Crippen molar-refractivity contribution in [2.75, 3.05) is 36.4 Å². The van der Waals surface area contributed by atoms with Crippen molar-refractivity contribution >= 4 is 11.5 Å². The van der Waals surface area contributed by atoms with Gasteiger partial charge in [0.05, 0.1) is 0 Å². The fraction of sp³-hybridized carbons (Fsp3) is 0.333. The Labute approximate surface area is 173 Å². The summed E-state index contributed by atoms with van der Waals surface area (Å²) in [7, 11) is 0. The summed E-state index contributed by atoms with van der Waals surface area (Å²) < 4.78 is 0. The monoisotopic (exact) mass is 387 g/mol. The molecule has 5 nitrogen and oxygen atoms in total. The molecule has 0 radical (unpaired) electrons. The van der Waals surface area contributed by atoms with Gasteiger partial charge in [-0.05, 0) is 37.1 Å². The lowest BCUT2D eigenvalue weighted by Gasteiger charge is -2.36. The van der Waals surface area contributed by atoms with Crippen molar-refractivity contribution in [1.29, 1.82) is 0 Å². The minimum atomic E-state index is 0.774. The highest BCUT2D eigenvalue weighted by molar-refractivity contribution is 5.46. The highest BCUT2D eigenvalue weighted by Crippen LogP contribution is 2.19. The van der Waals surface area contributed by atoms with Gasteiger partial charge in [0.25, 0.3) is 0 Å². The number of rotatable bonds is 6. The molecule has 0 aliphatic carbocycles. The van der Waals surface area contributed by atoms with E-state index in [0.717, 1.165) is 56.6 Å². The maximum atomic E-state index is 4.49. The van der Waals surface area contributed by atoms with E-state index in [-0.39, 0.29) is 0 Å². The number of hydrogen-bond donors (Lipinski definition) is 1. The Morgan fingerprint density at radius 2 is 1.52 bits per heavy atom. The molecule has 1 aliphatic rings. The van der Waals surface area contributed by atoms with E-state index < -0.39 is 0 Å². The molecule has 4 rings (SSSR count). The minimum Gasteiger partial charge on any atom is -0.369 e. The number of hydrogen-bond acceptors (Lipinski definition) is 5. The second-order valence-electron chi connectivity index (χ2n) is 7.66. The van der Waals surface area contributed by atoms with E-state index in [0.29, 0.717) is 0 Å². The van der Waals surface area contributed by atoms with Crippen molar-refractivity contribution in [3.05, 3.63) is 83.3 Å². The summed E-state index contributed by atoms with van der Waals surface area (Å²) in [5.74, 6) is 1.69. The fourth-order valence-corrected chi connectivity index (χ4v) is 3.92. The lowest BCUT2D eigenvalue weighted by Crippen LogP contribution is -2.46. The molecule has 3 aromatic rings. The van der Waals surface area contributed by atoms with Gasteiger partial charge < -0.3 is 10.2 Å². The van der Waals surface area contributed by atoms with Crippen molar-refractivity contribution < 1.29 is 0 Å². The first kappa shape index (κ1) is 19.4. The third-order valence-electron chi connectivity index (χ3n) is 5.43. The van der Waals surface area contributed by atoms with Crippen LogP contribution in [0.25, 0.3) is 0 Å². The first-order valence-electron chi connectivity index (χ1n) is 10.3. The van der Waals surface area contributed by atoms with Crippen molar-refractivity contribution in [2.24, 2.45) is 0 Å². The molecule has 0 saturated carbocycles. The Hall–Kier alpha value is -2.92. The van der Waals surface area contributed by atoms with Crippen LogP contribution in [-0.4, -0.2) is 41.0 Å². The predicted octanol–water partition coefficient (Wildman–Crippen LogP) is 4.03. The molecule has 0 atom stereocenters. The Kier molecular flexibility index (Phi) is 6.06. The van der Waals surface area contributed by atoms with E-state index in [1.54, 1.807) is 0 Å². The van der Waals surface area contributed by atoms with Crippen molar-refractivity contribution in [1.82, 2.24) is 14.9 Å². The van der Waals surface area contributed by atoms with E-state index in [1.165, 1.54) is 16.8 Å². The summed E-state index contributed by atoms with van der Waals surface area (Å²) >= 11 is 0. The summed E-state index contributed by atoms with van der Waals surface area (Å²) in [5, 5.41) is 3.47. The Morgan fingerprint density at radius 1 is 0.828 bits per heavy atom. The maximum absolute atomic E-state index is 4.49. The molecule has 150 valence electrons. The quantitative estimate of drug-likeness (QED) is 0.692. The van der Waals surface area contributed by atoms with Gasteiger partial charge in [-0.25, -0.2) is 9.97 Å². The average molecular weight is 388 g/mol. The molecular weight excluding hydrogens is 358 g/mol. The normalized spacial score (nSPS) is 14.8. The van der Waals surface area contributed by atoms with Crippen LogP contribution in [0.5, 0.6) is 0 Å². The third-order valence-corrected chi connectivity index (χ3v) is 5.43. The van der Waals surface area contributed by atoms with Crippen LogP contribution in [0.2, 0.25) is 0 Å². The molecule has 1 N–H and O–H groups in total. The first-order chi connectivity index (χ1) is 14.2. The number of aromatic nitrogens is 2. The van der Waals surface area contributed by atoms with Crippen LogP contribution in [0.1, 0.15) is 22.6 Å². The van der Waals surface area contributed by atoms with Crippen LogP contribution in [0, 0.1) is 13.8 Å². The molecule has 0 bridgehead atoms. The zero-order valence-corrected chi connectivity index (χ0v) is 17.3. The molecular formula is C24H29N5. The molecule has 0 amide bonds. The maximum Gasteiger partial charge on any atom is 0.130 e. The second-order valence-corrected chi connectivity index (χ2v) is 7.66. The Morgan fingerprint density at radius 3 is 2.24 bits per heavy atom.